The SMILES string of the molecule is COc1nc(N(C)c2cc(C)cc(C)c2)ncc1Br. The molecule has 0 N–H and O–H groups in total. The number of aryl methyl sites for hydroxylation is 2. The van der Waals surface area contributed by atoms with E-state index in [1.54, 1.807) is 13.3 Å². The van der Waals surface area contributed by atoms with Crippen molar-refractivity contribution in [2.75, 3.05) is 19.1 Å². The van der Waals surface area contributed by atoms with Gasteiger partial charge in [0.15, 0.2) is 0 Å². The van der Waals surface area contributed by atoms with Crippen molar-refractivity contribution in [1.82, 2.24) is 9.97 Å². The molecular formula is C14H16BrN3O. The van der Waals surface area contributed by atoms with Crippen molar-refractivity contribution in [3.05, 3.63) is 40.0 Å². The molecule has 0 unspecified atom stereocenters. The maximum Gasteiger partial charge on any atom is 0.232 e. The third-order valence-corrected chi connectivity index (χ3v) is 3.33. The molecule has 1 aromatic carbocycles. The van der Waals surface area contributed by atoms with Crippen LogP contribution < -0.4 is 9.64 Å². The van der Waals surface area contributed by atoms with Crippen LogP contribution in [0.1, 0.15) is 11.1 Å². The lowest BCUT2D eigenvalue weighted by atomic mass is 10.1. The molecule has 0 aliphatic rings. The Bertz CT molecular complexity index is 581. The molecule has 0 bridgehead atoms. The van der Waals surface area contributed by atoms with Crippen LogP contribution in [0.4, 0.5) is 11.6 Å². The molecule has 0 aliphatic carbocycles. The van der Waals surface area contributed by atoms with Gasteiger partial charge in [0, 0.05) is 12.7 Å². The van der Waals surface area contributed by atoms with Crippen LogP contribution in [0, 0.1) is 13.8 Å². The molecule has 0 fully saturated rings. The smallest absolute Gasteiger partial charge is 0.232 e. The van der Waals surface area contributed by atoms with Gasteiger partial charge >= 0.3 is 0 Å². The molecule has 0 saturated heterocycles. The maximum absolute atomic E-state index is 5.19. The number of ether oxygens (including phenoxy) is 1. The number of halogens is 1. The minimum absolute atomic E-state index is 0.529. The predicted molar refractivity (Wildman–Crippen MR) is 80.3 cm³/mol. The predicted octanol–water partition coefficient (Wildman–Crippen LogP) is 3.63. The van der Waals surface area contributed by atoms with Gasteiger partial charge in [-0.05, 0) is 53.0 Å². The maximum atomic E-state index is 5.19. The van der Waals surface area contributed by atoms with Gasteiger partial charge in [0.05, 0.1) is 17.8 Å². The molecule has 19 heavy (non-hydrogen) atoms. The molecule has 0 radical (unpaired) electrons. The monoisotopic (exact) mass is 321 g/mol. The molecule has 0 atom stereocenters. The van der Waals surface area contributed by atoms with E-state index in [0.717, 1.165) is 10.2 Å². The van der Waals surface area contributed by atoms with E-state index in [4.69, 9.17) is 4.74 Å². The normalized spacial score (nSPS) is 10.4. The summed E-state index contributed by atoms with van der Waals surface area (Å²) in [5.74, 6) is 1.13. The number of hydrogen-bond donors (Lipinski definition) is 0. The zero-order valence-electron chi connectivity index (χ0n) is 11.4. The fourth-order valence-electron chi connectivity index (χ4n) is 1.91. The van der Waals surface area contributed by atoms with Crippen molar-refractivity contribution in [2.24, 2.45) is 0 Å². The molecule has 2 aromatic rings. The van der Waals surface area contributed by atoms with E-state index in [-0.39, 0.29) is 0 Å². The molecular weight excluding hydrogens is 306 g/mol. The minimum Gasteiger partial charge on any atom is -0.480 e. The van der Waals surface area contributed by atoms with Crippen LogP contribution in [-0.2, 0) is 0 Å². The van der Waals surface area contributed by atoms with Crippen LogP contribution in [0.15, 0.2) is 28.9 Å². The summed E-state index contributed by atoms with van der Waals surface area (Å²) < 4.78 is 5.94. The highest BCUT2D eigenvalue weighted by molar-refractivity contribution is 9.10. The van der Waals surface area contributed by atoms with Crippen molar-refractivity contribution in [1.29, 1.82) is 0 Å². The summed E-state index contributed by atoms with van der Waals surface area (Å²) >= 11 is 3.35. The fraction of sp³-hybridized carbons (Fsp3) is 0.286. The third-order valence-electron chi connectivity index (χ3n) is 2.79. The van der Waals surface area contributed by atoms with Crippen molar-refractivity contribution in [2.45, 2.75) is 13.8 Å². The Morgan fingerprint density at radius 2 is 1.79 bits per heavy atom. The van der Waals surface area contributed by atoms with Crippen molar-refractivity contribution in [3.8, 4) is 5.88 Å². The number of benzene rings is 1. The fourth-order valence-corrected chi connectivity index (χ4v) is 2.26. The number of methoxy groups -OCH3 is 1. The first kappa shape index (κ1) is 13.8. The molecule has 5 heteroatoms. The topological polar surface area (TPSA) is 38.2 Å². The highest BCUT2D eigenvalue weighted by atomic mass is 79.9. The van der Waals surface area contributed by atoms with Gasteiger partial charge in [0.1, 0.15) is 0 Å². The number of hydrogen-bond acceptors (Lipinski definition) is 4. The van der Waals surface area contributed by atoms with Gasteiger partial charge in [-0.3, -0.25) is 0 Å². The number of anilines is 2. The van der Waals surface area contributed by atoms with Gasteiger partial charge in [-0.2, -0.15) is 4.98 Å². The molecule has 1 aromatic heterocycles. The highest BCUT2D eigenvalue weighted by Crippen LogP contribution is 2.27. The Morgan fingerprint density at radius 1 is 1.16 bits per heavy atom. The summed E-state index contributed by atoms with van der Waals surface area (Å²) in [7, 11) is 3.53. The second-order valence-electron chi connectivity index (χ2n) is 4.43. The van der Waals surface area contributed by atoms with E-state index in [1.165, 1.54) is 11.1 Å². The van der Waals surface area contributed by atoms with E-state index in [0.29, 0.717) is 11.8 Å². The van der Waals surface area contributed by atoms with Gasteiger partial charge in [-0.1, -0.05) is 6.07 Å². The first-order valence-electron chi connectivity index (χ1n) is 5.90. The zero-order valence-corrected chi connectivity index (χ0v) is 13.0. The second kappa shape index (κ2) is 5.57. The number of nitrogens with zero attached hydrogens (tertiary/aromatic N) is 3. The molecule has 100 valence electrons. The second-order valence-corrected chi connectivity index (χ2v) is 5.29. The minimum atomic E-state index is 0.529. The average molecular weight is 322 g/mol. The van der Waals surface area contributed by atoms with Gasteiger partial charge in [-0.25, -0.2) is 4.98 Å². The number of rotatable bonds is 3. The summed E-state index contributed by atoms with van der Waals surface area (Å²) in [5, 5.41) is 0. The quantitative estimate of drug-likeness (QED) is 0.865. The summed E-state index contributed by atoms with van der Waals surface area (Å²) in [5.41, 5.74) is 3.48. The van der Waals surface area contributed by atoms with Crippen LogP contribution in [0.25, 0.3) is 0 Å². The highest BCUT2D eigenvalue weighted by Gasteiger charge is 2.11. The lowest BCUT2D eigenvalue weighted by Crippen LogP contribution is -2.13. The average Bonchev–Trinajstić information content (AvgIpc) is 2.37. The van der Waals surface area contributed by atoms with Crippen LogP contribution in [-0.4, -0.2) is 24.1 Å². The Labute approximate surface area is 121 Å². The van der Waals surface area contributed by atoms with E-state index in [2.05, 4.69) is 57.9 Å². The Hall–Kier alpha value is -1.62. The van der Waals surface area contributed by atoms with Crippen LogP contribution >= 0.6 is 15.9 Å². The Kier molecular flexibility index (Phi) is 4.04. The number of aromatic nitrogens is 2. The lowest BCUT2D eigenvalue weighted by molar-refractivity contribution is 0.394. The molecule has 0 aliphatic heterocycles. The van der Waals surface area contributed by atoms with Crippen molar-refractivity contribution >= 4 is 27.6 Å². The molecule has 0 amide bonds. The molecule has 4 nitrogen and oxygen atoms in total. The van der Waals surface area contributed by atoms with Gasteiger partial charge in [0.2, 0.25) is 11.8 Å². The van der Waals surface area contributed by atoms with E-state index >= 15 is 0 Å². The molecule has 2 rings (SSSR count). The molecule has 0 spiro atoms. The Balaban J connectivity index is 2.40. The van der Waals surface area contributed by atoms with E-state index < -0.39 is 0 Å². The Morgan fingerprint density at radius 3 is 2.37 bits per heavy atom. The summed E-state index contributed by atoms with van der Waals surface area (Å²) in [6.45, 7) is 4.15. The van der Waals surface area contributed by atoms with Crippen molar-refractivity contribution < 1.29 is 4.74 Å². The first-order chi connectivity index (χ1) is 9.01. The summed E-state index contributed by atoms with van der Waals surface area (Å²) in [4.78, 5) is 10.6. The van der Waals surface area contributed by atoms with Crippen LogP contribution in [0.3, 0.4) is 0 Å². The standard InChI is InChI=1S/C14H16BrN3O/c1-9-5-10(2)7-11(6-9)18(3)14-16-8-12(15)13(17-14)19-4/h5-8H,1-4H3. The van der Waals surface area contributed by atoms with Crippen LogP contribution in [0.2, 0.25) is 0 Å². The molecule has 0 saturated carbocycles. The van der Waals surface area contributed by atoms with Crippen molar-refractivity contribution in [3.63, 3.8) is 0 Å². The van der Waals surface area contributed by atoms with Gasteiger partial charge < -0.3 is 9.64 Å². The van der Waals surface area contributed by atoms with E-state index in [1.807, 2.05) is 11.9 Å². The van der Waals surface area contributed by atoms with Gasteiger partial charge in [-0.15, -0.1) is 0 Å². The summed E-state index contributed by atoms with van der Waals surface area (Å²) in [6.07, 6.45) is 1.69. The largest absolute Gasteiger partial charge is 0.480 e. The lowest BCUT2D eigenvalue weighted by Gasteiger charge is -2.19. The molecule has 1 heterocycles. The first-order valence-corrected chi connectivity index (χ1v) is 6.69. The summed E-state index contributed by atoms with van der Waals surface area (Å²) in [6, 6.07) is 6.34. The third kappa shape index (κ3) is 3.04. The van der Waals surface area contributed by atoms with Crippen LogP contribution in [0.5, 0.6) is 5.88 Å². The van der Waals surface area contributed by atoms with Gasteiger partial charge in [0.25, 0.3) is 0 Å². The zero-order chi connectivity index (χ0) is 14.0. The van der Waals surface area contributed by atoms with E-state index in [9.17, 15) is 0 Å².